The number of phenolic OH excluding ortho intramolecular Hbond substituents is 1. The molecule has 4 nitrogen and oxygen atoms in total. The second-order valence-electron chi connectivity index (χ2n) is 7.54. The molecule has 0 radical (unpaired) electrons. The third-order valence-electron chi connectivity index (χ3n) is 5.65. The van der Waals surface area contributed by atoms with Gasteiger partial charge < -0.3 is 14.7 Å². The van der Waals surface area contributed by atoms with Crippen molar-refractivity contribution in [3.8, 4) is 11.5 Å². The van der Waals surface area contributed by atoms with Gasteiger partial charge in [-0.15, -0.1) is 0 Å². The Labute approximate surface area is 154 Å². The lowest BCUT2D eigenvalue weighted by Crippen LogP contribution is -2.32. The summed E-state index contributed by atoms with van der Waals surface area (Å²) >= 11 is 0. The first-order valence-corrected chi connectivity index (χ1v) is 9.48. The van der Waals surface area contributed by atoms with Gasteiger partial charge in [0.25, 0.3) is 5.91 Å². The van der Waals surface area contributed by atoms with Crippen molar-refractivity contribution in [2.45, 2.75) is 32.2 Å². The molecule has 0 bridgehead atoms. The molecular formula is C22H25NO3. The van der Waals surface area contributed by atoms with Gasteiger partial charge in [-0.05, 0) is 67.3 Å². The number of rotatable bonds is 5. The molecule has 1 heterocycles. The van der Waals surface area contributed by atoms with Gasteiger partial charge in [0.1, 0.15) is 11.5 Å². The molecule has 136 valence electrons. The molecule has 0 spiro atoms. The van der Waals surface area contributed by atoms with Crippen LogP contribution in [0.15, 0.2) is 48.5 Å². The van der Waals surface area contributed by atoms with Crippen LogP contribution in [0.1, 0.15) is 41.6 Å². The van der Waals surface area contributed by atoms with E-state index in [1.54, 1.807) is 12.1 Å². The molecule has 4 heteroatoms. The molecule has 1 amide bonds. The summed E-state index contributed by atoms with van der Waals surface area (Å²) in [6.07, 6.45) is 4.61. The summed E-state index contributed by atoms with van der Waals surface area (Å²) in [6, 6.07) is 15.1. The van der Waals surface area contributed by atoms with Gasteiger partial charge in [-0.25, -0.2) is 0 Å². The highest BCUT2D eigenvalue weighted by Gasteiger charge is 2.31. The lowest BCUT2D eigenvalue weighted by molar-refractivity contribution is 0.0721. The van der Waals surface area contributed by atoms with Crippen LogP contribution in [0.5, 0.6) is 11.5 Å². The molecule has 26 heavy (non-hydrogen) atoms. The summed E-state index contributed by atoms with van der Waals surface area (Å²) in [4.78, 5) is 14.5. The molecule has 0 aromatic heterocycles. The SMILES string of the molecule is O=C1c2cc(O)ccc2CN1C[C@H]1CC[C@H](COc2ccccc2)CC1. The number of phenols is 1. The zero-order valence-electron chi connectivity index (χ0n) is 14.9. The number of fused-ring (bicyclic) bond motifs is 1. The van der Waals surface area contributed by atoms with Crippen LogP contribution in [0.3, 0.4) is 0 Å². The summed E-state index contributed by atoms with van der Waals surface area (Å²) < 4.78 is 5.90. The number of nitrogens with zero attached hydrogens (tertiary/aromatic N) is 1. The van der Waals surface area contributed by atoms with E-state index in [9.17, 15) is 9.90 Å². The number of para-hydroxylation sites is 1. The standard InChI is InChI=1S/C22H25NO3/c24-19-11-10-18-14-23(22(25)21(18)12-19)13-16-6-8-17(9-7-16)15-26-20-4-2-1-3-5-20/h1-5,10-12,16-17,24H,6-9,13-15H2/t16-,17-. The molecule has 4 rings (SSSR count). The summed E-state index contributed by atoms with van der Waals surface area (Å²) in [5.41, 5.74) is 1.69. The van der Waals surface area contributed by atoms with Crippen LogP contribution < -0.4 is 4.74 Å². The van der Waals surface area contributed by atoms with E-state index in [1.165, 1.54) is 0 Å². The van der Waals surface area contributed by atoms with E-state index < -0.39 is 0 Å². The second-order valence-corrected chi connectivity index (χ2v) is 7.54. The number of ether oxygens (including phenoxy) is 1. The van der Waals surface area contributed by atoms with Crippen molar-refractivity contribution < 1.29 is 14.6 Å². The van der Waals surface area contributed by atoms with E-state index in [1.807, 2.05) is 41.3 Å². The van der Waals surface area contributed by atoms with Crippen molar-refractivity contribution in [2.24, 2.45) is 11.8 Å². The summed E-state index contributed by atoms with van der Waals surface area (Å²) in [5, 5.41) is 9.60. The maximum absolute atomic E-state index is 12.5. The number of aromatic hydroxyl groups is 1. The number of benzene rings is 2. The number of hydrogen-bond acceptors (Lipinski definition) is 3. The van der Waals surface area contributed by atoms with Gasteiger partial charge in [-0.3, -0.25) is 4.79 Å². The van der Waals surface area contributed by atoms with Crippen LogP contribution in [0, 0.1) is 11.8 Å². The normalized spacial score (nSPS) is 22.3. The van der Waals surface area contributed by atoms with E-state index >= 15 is 0 Å². The lowest BCUT2D eigenvalue weighted by Gasteiger charge is -2.31. The fraction of sp³-hybridized carbons (Fsp3) is 0.409. The maximum atomic E-state index is 12.5. The Morgan fingerprint density at radius 3 is 2.50 bits per heavy atom. The van der Waals surface area contributed by atoms with Gasteiger partial charge in [0.15, 0.2) is 0 Å². The van der Waals surface area contributed by atoms with E-state index in [0.29, 0.717) is 23.9 Å². The van der Waals surface area contributed by atoms with Crippen molar-refractivity contribution in [1.82, 2.24) is 4.90 Å². The summed E-state index contributed by atoms with van der Waals surface area (Å²) in [7, 11) is 0. The minimum absolute atomic E-state index is 0.0606. The zero-order chi connectivity index (χ0) is 17.9. The van der Waals surface area contributed by atoms with Crippen molar-refractivity contribution in [3.63, 3.8) is 0 Å². The Hall–Kier alpha value is -2.49. The molecule has 1 aliphatic carbocycles. The minimum atomic E-state index is 0.0606. The molecule has 0 unspecified atom stereocenters. The van der Waals surface area contributed by atoms with Crippen molar-refractivity contribution in [2.75, 3.05) is 13.2 Å². The topological polar surface area (TPSA) is 49.8 Å². The Balaban J connectivity index is 1.25. The number of amides is 1. The van der Waals surface area contributed by atoms with Crippen molar-refractivity contribution >= 4 is 5.91 Å². The molecular weight excluding hydrogens is 326 g/mol. The first-order chi connectivity index (χ1) is 12.7. The fourth-order valence-corrected chi connectivity index (χ4v) is 4.12. The third-order valence-corrected chi connectivity index (χ3v) is 5.65. The maximum Gasteiger partial charge on any atom is 0.254 e. The van der Waals surface area contributed by atoms with Gasteiger partial charge in [0.05, 0.1) is 6.61 Å². The quantitative estimate of drug-likeness (QED) is 0.877. The summed E-state index contributed by atoms with van der Waals surface area (Å²) in [6.45, 7) is 2.27. The van der Waals surface area contributed by atoms with Gasteiger partial charge >= 0.3 is 0 Å². The number of hydrogen-bond donors (Lipinski definition) is 1. The first kappa shape index (κ1) is 17.0. The fourth-order valence-electron chi connectivity index (χ4n) is 4.12. The second kappa shape index (κ2) is 7.40. The molecule has 1 fully saturated rings. The van der Waals surface area contributed by atoms with E-state index in [4.69, 9.17) is 4.74 Å². The minimum Gasteiger partial charge on any atom is -0.508 e. The molecule has 2 aromatic carbocycles. The van der Waals surface area contributed by atoms with Crippen molar-refractivity contribution in [1.29, 1.82) is 0 Å². The highest BCUT2D eigenvalue weighted by molar-refractivity contribution is 5.98. The van der Waals surface area contributed by atoms with Crippen LogP contribution in [0.25, 0.3) is 0 Å². The predicted molar refractivity (Wildman–Crippen MR) is 100 cm³/mol. The Morgan fingerprint density at radius 2 is 1.73 bits per heavy atom. The van der Waals surface area contributed by atoms with Crippen molar-refractivity contribution in [3.05, 3.63) is 59.7 Å². The van der Waals surface area contributed by atoms with Gasteiger partial charge in [0, 0.05) is 18.7 Å². The van der Waals surface area contributed by atoms with Crippen LogP contribution in [0.4, 0.5) is 0 Å². The Kier molecular flexibility index (Phi) is 4.83. The molecule has 2 aliphatic rings. The average Bonchev–Trinajstić information content (AvgIpc) is 2.97. The van der Waals surface area contributed by atoms with Crippen LogP contribution in [0.2, 0.25) is 0 Å². The smallest absolute Gasteiger partial charge is 0.254 e. The van der Waals surface area contributed by atoms with Crippen LogP contribution in [-0.4, -0.2) is 29.1 Å². The van der Waals surface area contributed by atoms with Gasteiger partial charge in [-0.2, -0.15) is 0 Å². The number of carbonyl (C=O) groups excluding carboxylic acids is 1. The molecule has 1 saturated carbocycles. The molecule has 1 N–H and O–H groups in total. The van der Waals surface area contributed by atoms with Crippen LogP contribution in [-0.2, 0) is 6.54 Å². The average molecular weight is 351 g/mol. The van der Waals surface area contributed by atoms with E-state index in [-0.39, 0.29) is 11.7 Å². The molecule has 0 saturated heterocycles. The zero-order valence-corrected chi connectivity index (χ0v) is 14.9. The first-order valence-electron chi connectivity index (χ1n) is 9.48. The highest BCUT2D eigenvalue weighted by Crippen LogP contribution is 2.33. The number of carbonyl (C=O) groups is 1. The van der Waals surface area contributed by atoms with Crippen LogP contribution >= 0.6 is 0 Å². The largest absolute Gasteiger partial charge is 0.508 e. The Morgan fingerprint density at radius 1 is 1.00 bits per heavy atom. The predicted octanol–water partition coefficient (Wildman–Crippen LogP) is 4.23. The van der Waals surface area contributed by atoms with Gasteiger partial charge in [0.2, 0.25) is 0 Å². The highest BCUT2D eigenvalue weighted by atomic mass is 16.5. The monoisotopic (exact) mass is 351 g/mol. The molecule has 0 atom stereocenters. The lowest BCUT2D eigenvalue weighted by atomic mass is 9.82. The third kappa shape index (κ3) is 3.69. The molecule has 1 aliphatic heterocycles. The Bertz CT molecular complexity index is 766. The van der Waals surface area contributed by atoms with Gasteiger partial charge in [-0.1, -0.05) is 24.3 Å². The van der Waals surface area contributed by atoms with E-state index in [2.05, 4.69) is 0 Å². The van der Waals surface area contributed by atoms with E-state index in [0.717, 1.165) is 50.1 Å². The summed E-state index contributed by atoms with van der Waals surface area (Å²) in [5.74, 6) is 2.34. The molecule has 2 aromatic rings.